The Bertz CT molecular complexity index is 942. The van der Waals surface area contributed by atoms with Crippen molar-refractivity contribution in [1.82, 2.24) is 14.5 Å². The van der Waals surface area contributed by atoms with E-state index in [1.165, 1.54) is 4.88 Å². The second-order valence-electron chi connectivity index (χ2n) is 6.48. The first-order chi connectivity index (χ1) is 12.4. The Morgan fingerprint density at radius 2 is 2.00 bits per heavy atom. The Kier molecular flexibility index (Phi) is 5.61. The fourth-order valence-electron chi connectivity index (χ4n) is 2.88. The standard InChI is InChI=1S/C20H22ClN3OS/c1-5-14-10-16(19(25)15-8-6-7-9-17(15)21)20(26-14)24-13(2)11-22-18(24)12-23(3)4/h6-11H,5,12H2,1-4H3. The number of carbonyl (C=O) groups is 1. The highest BCUT2D eigenvalue weighted by molar-refractivity contribution is 7.15. The van der Waals surface area contributed by atoms with E-state index in [9.17, 15) is 4.79 Å². The minimum atomic E-state index is -0.0505. The van der Waals surface area contributed by atoms with Crippen LogP contribution in [0.15, 0.2) is 36.5 Å². The summed E-state index contributed by atoms with van der Waals surface area (Å²) in [6.45, 7) is 4.81. The Balaban J connectivity index is 2.16. The van der Waals surface area contributed by atoms with Gasteiger partial charge < -0.3 is 4.90 Å². The molecule has 0 spiro atoms. The molecule has 136 valence electrons. The van der Waals surface area contributed by atoms with Crippen LogP contribution in [0.2, 0.25) is 5.02 Å². The molecular formula is C20H22ClN3OS. The van der Waals surface area contributed by atoms with E-state index in [0.717, 1.165) is 22.9 Å². The van der Waals surface area contributed by atoms with Crippen molar-refractivity contribution in [3.63, 3.8) is 0 Å². The third-order valence-electron chi connectivity index (χ3n) is 4.15. The Morgan fingerprint density at radius 1 is 1.27 bits per heavy atom. The van der Waals surface area contributed by atoms with Gasteiger partial charge in [-0.05, 0) is 45.6 Å². The third-order valence-corrected chi connectivity index (χ3v) is 5.74. The number of aromatic nitrogens is 2. The van der Waals surface area contributed by atoms with E-state index in [1.54, 1.807) is 23.5 Å². The molecule has 1 aromatic carbocycles. The van der Waals surface area contributed by atoms with Crippen LogP contribution in [0.25, 0.3) is 5.00 Å². The molecule has 0 radical (unpaired) electrons. The van der Waals surface area contributed by atoms with Gasteiger partial charge in [-0.2, -0.15) is 0 Å². The molecule has 0 amide bonds. The Hall–Kier alpha value is -1.95. The molecule has 3 rings (SSSR count). The van der Waals surface area contributed by atoms with Crippen LogP contribution in [0.3, 0.4) is 0 Å². The zero-order valence-electron chi connectivity index (χ0n) is 15.4. The number of ketones is 1. The van der Waals surface area contributed by atoms with Crippen molar-refractivity contribution < 1.29 is 4.79 Å². The fourth-order valence-corrected chi connectivity index (χ4v) is 4.28. The molecule has 0 unspecified atom stereocenters. The predicted molar refractivity (Wildman–Crippen MR) is 108 cm³/mol. The highest BCUT2D eigenvalue weighted by Gasteiger charge is 2.23. The van der Waals surface area contributed by atoms with Crippen LogP contribution in [0.5, 0.6) is 0 Å². The summed E-state index contributed by atoms with van der Waals surface area (Å²) in [5.41, 5.74) is 2.23. The maximum absolute atomic E-state index is 13.2. The third kappa shape index (κ3) is 3.61. The average Bonchev–Trinajstić information content (AvgIpc) is 3.17. The van der Waals surface area contributed by atoms with Crippen molar-refractivity contribution >= 4 is 28.7 Å². The zero-order valence-corrected chi connectivity index (χ0v) is 17.0. The van der Waals surface area contributed by atoms with Crippen molar-refractivity contribution in [3.8, 4) is 5.00 Å². The number of imidazole rings is 1. The van der Waals surface area contributed by atoms with E-state index < -0.39 is 0 Å². The van der Waals surface area contributed by atoms with Crippen LogP contribution in [0, 0.1) is 6.92 Å². The highest BCUT2D eigenvalue weighted by atomic mass is 35.5. The van der Waals surface area contributed by atoms with Crippen molar-refractivity contribution in [3.05, 3.63) is 69.1 Å². The van der Waals surface area contributed by atoms with Gasteiger partial charge in [0.05, 0.1) is 17.1 Å². The predicted octanol–water partition coefficient (Wildman–Crippen LogP) is 4.75. The van der Waals surface area contributed by atoms with Gasteiger partial charge >= 0.3 is 0 Å². The maximum atomic E-state index is 13.2. The van der Waals surface area contributed by atoms with E-state index in [0.29, 0.717) is 22.7 Å². The zero-order chi connectivity index (χ0) is 18.8. The molecule has 0 fully saturated rings. The van der Waals surface area contributed by atoms with E-state index >= 15 is 0 Å². The second-order valence-corrected chi connectivity index (χ2v) is 8.01. The van der Waals surface area contributed by atoms with Gasteiger partial charge in [-0.25, -0.2) is 4.98 Å². The van der Waals surface area contributed by atoms with Crippen LogP contribution in [0.1, 0.15) is 39.2 Å². The summed E-state index contributed by atoms with van der Waals surface area (Å²) in [5, 5.41) is 1.39. The van der Waals surface area contributed by atoms with Gasteiger partial charge in [0.2, 0.25) is 0 Å². The van der Waals surface area contributed by atoms with Crippen LogP contribution < -0.4 is 0 Å². The van der Waals surface area contributed by atoms with Gasteiger partial charge in [0.15, 0.2) is 5.78 Å². The first-order valence-corrected chi connectivity index (χ1v) is 9.72. The SMILES string of the molecule is CCc1cc(C(=O)c2ccccc2Cl)c(-n2c(C)cnc2CN(C)C)s1. The maximum Gasteiger partial charge on any atom is 0.197 e. The summed E-state index contributed by atoms with van der Waals surface area (Å²) in [5.74, 6) is 0.871. The molecule has 2 aromatic heterocycles. The molecule has 2 heterocycles. The largest absolute Gasteiger partial charge is 0.302 e. The number of nitrogens with zero attached hydrogens (tertiary/aromatic N) is 3. The fraction of sp³-hybridized carbons (Fsp3) is 0.300. The van der Waals surface area contributed by atoms with E-state index in [1.807, 2.05) is 45.4 Å². The van der Waals surface area contributed by atoms with Crippen molar-refractivity contribution in [2.75, 3.05) is 14.1 Å². The molecule has 3 aromatic rings. The van der Waals surface area contributed by atoms with E-state index in [-0.39, 0.29) is 5.78 Å². The Morgan fingerprint density at radius 3 is 2.65 bits per heavy atom. The quantitative estimate of drug-likeness (QED) is 0.573. The summed E-state index contributed by atoms with van der Waals surface area (Å²) in [6.07, 6.45) is 2.73. The minimum Gasteiger partial charge on any atom is -0.302 e. The van der Waals surface area contributed by atoms with Crippen molar-refractivity contribution in [2.45, 2.75) is 26.8 Å². The molecular weight excluding hydrogens is 366 g/mol. The number of halogens is 1. The minimum absolute atomic E-state index is 0.0505. The van der Waals surface area contributed by atoms with Crippen LogP contribution in [-0.2, 0) is 13.0 Å². The topological polar surface area (TPSA) is 38.1 Å². The van der Waals surface area contributed by atoms with E-state index in [2.05, 4.69) is 21.4 Å². The van der Waals surface area contributed by atoms with Gasteiger partial charge in [0.25, 0.3) is 0 Å². The number of rotatable bonds is 6. The summed E-state index contributed by atoms with van der Waals surface area (Å²) in [4.78, 5) is 21.0. The number of hydrogen-bond donors (Lipinski definition) is 0. The van der Waals surface area contributed by atoms with Crippen molar-refractivity contribution in [1.29, 1.82) is 0 Å². The van der Waals surface area contributed by atoms with Crippen LogP contribution in [0.4, 0.5) is 0 Å². The number of benzene rings is 1. The second kappa shape index (κ2) is 7.74. The summed E-state index contributed by atoms with van der Waals surface area (Å²) < 4.78 is 2.09. The number of carbonyl (C=O) groups excluding carboxylic acids is 1. The molecule has 0 aliphatic carbocycles. The molecule has 0 aliphatic heterocycles. The highest BCUT2D eigenvalue weighted by Crippen LogP contribution is 2.32. The Labute approximate surface area is 163 Å². The monoisotopic (exact) mass is 387 g/mol. The lowest BCUT2D eigenvalue weighted by atomic mass is 10.0. The lowest BCUT2D eigenvalue weighted by Crippen LogP contribution is -2.16. The van der Waals surface area contributed by atoms with Gasteiger partial charge in [-0.3, -0.25) is 9.36 Å². The van der Waals surface area contributed by atoms with Gasteiger partial charge in [0, 0.05) is 22.3 Å². The molecule has 0 N–H and O–H groups in total. The number of aryl methyl sites for hydroxylation is 2. The van der Waals surface area contributed by atoms with Crippen LogP contribution >= 0.6 is 22.9 Å². The summed E-state index contributed by atoms with van der Waals surface area (Å²) in [6, 6.07) is 9.19. The summed E-state index contributed by atoms with van der Waals surface area (Å²) >= 11 is 7.92. The number of hydrogen-bond acceptors (Lipinski definition) is 4. The molecule has 0 saturated carbocycles. The van der Waals surface area contributed by atoms with Crippen LogP contribution in [-0.4, -0.2) is 34.3 Å². The lowest BCUT2D eigenvalue weighted by molar-refractivity contribution is 0.103. The first-order valence-electron chi connectivity index (χ1n) is 8.52. The molecule has 0 saturated heterocycles. The first kappa shape index (κ1) is 18.8. The molecule has 6 heteroatoms. The van der Waals surface area contributed by atoms with Crippen molar-refractivity contribution in [2.24, 2.45) is 0 Å². The van der Waals surface area contributed by atoms with E-state index in [4.69, 9.17) is 11.6 Å². The molecule has 0 atom stereocenters. The average molecular weight is 388 g/mol. The lowest BCUT2D eigenvalue weighted by Gasteiger charge is -2.14. The molecule has 0 aliphatic rings. The molecule has 0 bridgehead atoms. The number of thiophene rings is 1. The molecule has 4 nitrogen and oxygen atoms in total. The van der Waals surface area contributed by atoms with Gasteiger partial charge in [-0.1, -0.05) is 30.7 Å². The van der Waals surface area contributed by atoms with Gasteiger partial charge in [-0.15, -0.1) is 11.3 Å². The van der Waals surface area contributed by atoms with Gasteiger partial charge in [0.1, 0.15) is 10.8 Å². The smallest absolute Gasteiger partial charge is 0.197 e. The molecule has 26 heavy (non-hydrogen) atoms. The summed E-state index contributed by atoms with van der Waals surface area (Å²) in [7, 11) is 4.02. The normalized spacial score (nSPS) is 11.3.